The zero-order valence-corrected chi connectivity index (χ0v) is 13.8. The Morgan fingerprint density at radius 1 is 1.45 bits per heavy atom. The van der Waals surface area contributed by atoms with E-state index in [1.165, 1.54) is 5.56 Å². The normalized spacial score (nSPS) is 14.9. The van der Waals surface area contributed by atoms with E-state index in [4.69, 9.17) is 22.2 Å². The van der Waals surface area contributed by atoms with E-state index in [1.54, 1.807) is 11.3 Å². The van der Waals surface area contributed by atoms with E-state index >= 15 is 0 Å². The minimum absolute atomic E-state index is 0.0457. The maximum absolute atomic E-state index is 6.19. The number of halogens is 2. The second-order valence-corrected chi connectivity index (χ2v) is 7.49. The summed E-state index contributed by atoms with van der Waals surface area (Å²) in [6.45, 7) is 0.730. The third-order valence-corrected chi connectivity index (χ3v) is 5.18. The maximum Gasteiger partial charge on any atom is 0.125 e. The van der Waals surface area contributed by atoms with Gasteiger partial charge in [0.2, 0.25) is 0 Å². The standard InChI is InChI=1S/C14H14BrClN2OS/c15-13-6-10(7-20-13)12(18-17)5-9-4-11(16)3-8-1-2-19-14(8)9/h3-4,6-7,12,18H,1-2,5,17H2. The van der Waals surface area contributed by atoms with Crippen LogP contribution < -0.4 is 16.0 Å². The smallest absolute Gasteiger partial charge is 0.125 e. The van der Waals surface area contributed by atoms with Crippen LogP contribution in [0.5, 0.6) is 5.75 Å². The predicted octanol–water partition coefficient (Wildman–Crippen LogP) is 3.85. The lowest BCUT2D eigenvalue weighted by Crippen LogP contribution is -2.29. The first kappa shape index (κ1) is 14.4. The molecular formula is C14H14BrClN2OS. The Morgan fingerprint density at radius 2 is 2.30 bits per heavy atom. The van der Waals surface area contributed by atoms with Gasteiger partial charge in [-0.2, -0.15) is 0 Å². The molecule has 0 spiro atoms. The summed E-state index contributed by atoms with van der Waals surface area (Å²) in [5.74, 6) is 6.69. The molecule has 0 bridgehead atoms. The number of hydrogen-bond acceptors (Lipinski definition) is 4. The minimum atomic E-state index is 0.0457. The second kappa shape index (κ2) is 6.03. The van der Waals surface area contributed by atoms with Crippen molar-refractivity contribution in [1.82, 2.24) is 5.43 Å². The predicted molar refractivity (Wildman–Crippen MR) is 86.4 cm³/mol. The molecule has 20 heavy (non-hydrogen) atoms. The van der Waals surface area contributed by atoms with Crippen LogP contribution in [0.1, 0.15) is 22.7 Å². The van der Waals surface area contributed by atoms with E-state index in [9.17, 15) is 0 Å². The quantitative estimate of drug-likeness (QED) is 0.632. The molecule has 0 amide bonds. The average molecular weight is 374 g/mol. The molecule has 2 heterocycles. The van der Waals surface area contributed by atoms with Gasteiger partial charge in [-0.25, -0.2) is 0 Å². The van der Waals surface area contributed by atoms with Crippen molar-refractivity contribution in [3.8, 4) is 5.75 Å². The van der Waals surface area contributed by atoms with Crippen LogP contribution in [0.4, 0.5) is 0 Å². The Labute approximate surface area is 135 Å². The van der Waals surface area contributed by atoms with Gasteiger partial charge in [-0.1, -0.05) is 11.6 Å². The van der Waals surface area contributed by atoms with Crippen LogP contribution in [0, 0.1) is 0 Å². The van der Waals surface area contributed by atoms with Gasteiger partial charge in [0.05, 0.1) is 16.4 Å². The van der Waals surface area contributed by atoms with Crippen LogP contribution in [-0.2, 0) is 12.8 Å². The highest BCUT2D eigenvalue weighted by Crippen LogP contribution is 2.36. The largest absolute Gasteiger partial charge is 0.493 e. The zero-order valence-electron chi connectivity index (χ0n) is 10.7. The van der Waals surface area contributed by atoms with E-state index < -0.39 is 0 Å². The number of hydrogen-bond donors (Lipinski definition) is 2. The van der Waals surface area contributed by atoms with Crippen molar-refractivity contribution in [3.05, 3.63) is 49.1 Å². The van der Waals surface area contributed by atoms with Crippen LogP contribution in [0.15, 0.2) is 27.4 Å². The fourth-order valence-electron chi connectivity index (χ4n) is 2.50. The molecule has 0 fully saturated rings. The zero-order chi connectivity index (χ0) is 14.1. The fourth-order valence-corrected chi connectivity index (χ4v) is 3.99. The molecule has 1 aliphatic heterocycles. The number of thiophene rings is 1. The van der Waals surface area contributed by atoms with E-state index in [-0.39, 0.29) is 6.04 Å². The molecule has 0 saturated heterocycles. The molecule has 1 unspecified atom stereocenters. The van der Waals surface area contributed by atoms with Gasteiger partial charge >= 0.3 is 0 Å². The monoisotopic (exact) mass is 372 g/mol. The Kier molecular flexibility index (Phi) is 4.33. The van der Waals surface area contributed by atoms with Gasteiger partial charge in [-0.3, -0.25) is 11.3 Å². The number of ether oxygens (including phenoxy) is 1. The summed E-state index contributed by atoms with van der Waals surface area (Å²) in [5, 5.41) is 2.85. The van der Waals surface area contributed by atoms with Crippen LogP contribution in [0.25, 0.3) is 0 Å². The van der Waals surface area contributed by atoms with Crippen LogP contribution >= 0.6 is 38.9 Å². The molecule has 1 aromatic heterocycles. The molecule has 0 radical (unpaired) electrons. The van der Waals surface area contributed by atoms with E-state index in [0.29, 0.717) is 0 Å². The lowest BCUT2D eigenvalue weighted by Gasteiger charge is -2.17. The van der Waals surface area contributed by atoms with Crippen molar-refractivity contribution in [3.63, 3.8) is 0 Å². The molecule has 3 nitrogen and oxygen atoms in total. The third kappa shape index (κ3) is 2.87. The first-order valence-electron chi connectivity index (χ1n) is 6.31. The summed E-state index contributed by atoms with van der Waals surface area (Å²) >= 11 is 11.3. The van der Waals surface area contributed by atoms with Crippen molar-refractivity contribution in [1.29, 1.82) is 0 Å². The highest BCUT2D eigenvalue weighted by molar-refractivity contribution is 9.11. The van der Waals surface area contributed by atoms with Crippen molar-refractivity contribution >= 4 is 38.9 Å². The molecule has 106 valence electrons. The molecule has 6 heteroatoms. The summed E-state index contributed by atoms with van der Waals surface area (Å²) < 4.78 is 6.83. The molecule has 1 atom stereocenters. The van der Waals surface area contributed by atoms with Gasteiger partial charge in [0.25, 0.3) is 0 Å². The van der Waals surface area contributed by atoms with Gasteiger partial charge < -0.3 is 4.74 Å². The average Bonchev–Trinajstić information content (AvgIpc) is 3.04. The highest BCUT2D eigenvalue weighted by atomic mass is 79.9. The Bertz CT molecular complexity index is 632. The first-order chi connectivity index (χ1) is 9.67. The topological polar surface area (TPSA) is 47.3 Å². The molecular weight excluding hydrogens is 360 g/mol. The summed E-state index contributed by atoms with van der Waals surface area (Å²) in [4.78, 5) is 0. The van der Waals surface area contributed by atoms with E-state index in [0.717, 1.165) is 45.1 Å². The fraction of sp³-hybridized carbons (Fsp3) is 0.286. The highest BCUT2D eigenvalue weighted by Gasteiger charge is 2.21. The van der Waals surface area contributed by atoms with Crippen LogP contribution in [0.3, 0.4) is 0 Å². The van der Waals surface area contributed by atoms with Crippen molar-refractivity contribution in [2.45, 2.75) is 18.9 Å². The number of benzene rings is 1. The van der Waals surface area contributed by atoms with Gasteiger partial charge in [0, 0.05) is 11.4 Å². The molecule has 2 aromatic rings. The van der Waals surface area contributed by atoms with Gasteiger partial charge in [-0.05, 0) is 62.6 Å². The number of rotatable bonds is 4. The molecule has 3 rings (SSSR count). The summed E-state index contributed by atoms with van der Waals surface area (Å²) in [5.41, 5.74) is 6.34. The van der Waals surface area contributed by atoms with Gasteiger partial charge in [-0.15, -0.1) is 11.3 Å². The third-order valence-electron chi connectivity index (χ3n) is 3.44. The Morgan fingerprint density at radius 3 is 3.00 bits per heavy atom. The lowest BCUT2D eigenvalue weighted by molar-refractivity contribution is 0.351. The second-order valence-electron chi connectivity index (χ2n) is 4.76. The Hall–Kier alpha value is -0.590. The summed E-state index contributed by atoms with van der Waals surface area (Å²) in [6, 6.07) is 6.09. The van der Waals surface area contributed by atoms with Crippen molar-refractivity contribution in [2.75, 3.05) is 6.61 Å². The van der Waals surface area contributed by atoms with E-state index in [1.807, 2.05) is 12.1 Å². The van der Waals surface area contributed by atoms with Crippen LogP contribution in [0.2, 0.25) is 5.02 Å². The molecule has 3 N–H and O–H groups in total. The van der Waals surface area contributed by atoms with Crippen molar-refractivity contribution in [2.24, 2.45) is 5.84 Å². The molecule has 1 aromatic carbocycles. The van der Waals surface area contributed by atoms with E-state index in [2.05, 4.69) is 32.8 Å². The van der Waals surface area contributed by atoms with Gasteiger partial charge in [0.1, 0.15) is 5.75 Å². The first-order valence-corrected chi connectivity index (χ1v) is 8.36. The van der Waals surface area contributed by atoms with Gasteiger partial charge in [0.15, 0.2) is 0 Å². The minimum Gasteiger partial charge on any atom is -0.493 e. The number of nitrogens with two attached hydrogens (primary N) is 1. The number of fused-ring (bicyclic) bond motifs is 1. The summed E-state index contributed by atoms with van der Waals surface area (Å²) in [7, 11) is 0. The molecule has 0 aliphatic carbocycles. The van der Waals surface area contributed by atoms with Crippen LogP contribution in [-0.4, -0.2) is 6.61 Å². The Balaban J connectivity index is 1.90. The number of hydrazine groups is 1. The SMILES string of the molecule is NNC(Cc1cc(Cl)cc2c1OCC2)c1csc(Br)c1. The number of nitrogens with one attached hydrogen (secondary N) is 1. The summed E-state index contributed by atoms with van der Waals surface area (Å²) in [6.07, 6.45) is 1.68. The molecule has 0 saturated carbocycles. The molecule has 1 aliphatic rings. The maximum atomic E-state index is 6.19. The van der Waals surface area contributed by atoms with Crippen molar-refractivity contribution < 1.29 is 4.74 Å². The lowest BCUT2D eigenvalue weighted by atomic mass is 9.99.